The van der Waals surface area contributed by atoms with Crippen molar-refractivity contribution in [1.82, 2.24) is 10.3 Å². The van der Waals surface area contributed by atoms with Gasteiger partial charge in [-0.2, -0.15) is 0 Å². The van der Waals surface area contributed by atoms with Gasteiger partial charge in [0.05, 0.1) is 33.7 Å². The Morgan fingerprint density at radius 2 is 1.76 bits per heavy atom. The highest BCUT2D eigenvalue weighted by molar-refractivity contribution is 6.31. The Balaban J connectivity index is 2.00. The molecule has 2 aromatic carbocycles. The first-order chi connectivity index (χ1) is 12.1. The number of amides is 2. The molecule has 3 aromatic rings. The number of nitrogens with one attached hydrogen (secondary N) is 2. The number of imide groups is 1. The van der Waals surface area contributed by atoms with E-state index in [-0.39, 0.29) is 17.9 Å². The maximum atomic E-state index is 12.6. The molecule has 25 heavy (non-hydrogen) atoms. The Morgan fingerprint density at radius 3 is 2.56 bits per heavy atom. The molecule has 1 aliphatic heterocycles. The lowest BCUT2D eigenvalue weighted by Gasteiger charge is -2.12. The zero-order valence-corrected chi connectivity index (χ0v) is 14.2. The van der Waals surface area contributed by atoms with Crippen LogP contribution in [0.5, 0.6) is 5.75 Å². The van der Waals surface area contributed by atoms with Crippen molar-refractivity contribution in [1.29, 1.82) is 0 Å². The summed E-state index contributed by atoms with van der Waals surface area (Å²) in [6.07, 6.45) is 2.80. The van der Waals surface area contributed by atoms with E-state index < -0.39 is 0 Å². The van der Waals surface area contributed by atoms with Gasteiger partial charge in [-0.1, -0.05) is 6.07 Å². The van der Waals surface area contributed by atoms with E-state index in [9.17, 15) is 9.59 Å². The molecule has 0 saturated carbocycles. The molecule has 0 atom stereocenters. The molecule has 2 aliphatic rings. The van der Waals surface area contributed by atoms with Gasteiger partial charge in [0.25, 0.3) is 11.8 Å². The monoisotopic (exact) mass is 334 g/mol. The van der Waals surface area contributed by atoms with Crippen LogP contribution in [-0.2, 0) is 12.8 Å². The first-order valence-electron chi connectivity index (χ1n) is 8.70. The van der Waals surface area contributed by atoms with Crippen molar-refractivity contribution in [3.8, 4) is 5.75 Å². The lowest BCUT2D eigenvalue weighted by Crippen LogP contribution is -2.20. The number of hydrogen-bond donors (Lipinski definition) is 2. The Labute approximate surface area is 144 Å². The van der Waals surface area contributed by atoms with Crippen molar-refractivity contribution < 1.29 is 14.3 Å². The summed E-state index contributed by atoms with van der Waals surface area (Å²) in [5.74, 6) is 0.169. The van der Waals surface area contributed by atoms with Crippen LogP contribution < -0.4 is 10.1 Å². The topological polar surface area (TPSA) is 71.2 Å². The Kier molecular flexibility index (Phi) is 2.82. The third-order valence-corrected chi connectivity index (χ3v) is 5.15. The number of aromatic nitrogens is 1. The molecule has 126 valence electrons. The number of ether oxygens (including phenoxy) is 1. The fourth-order valence-corrected chi connectivity index (χ4v) is 4.32. The average Bonchev–Trinajstić information content (AvgIpc) is 3.22. The minimum atomic E-state index is -0.306. The Bertz CT molecular complexity index is 1090. The zero-order valence-electron chi connectivity index (χ0n) is 14.2. The van der Waals surface area contributed by atoms with Crippen LogP contribution in [0.25, 0.3) is 21.8 Å². The van der Waals surface area contributed by atoms with Crippen molar-refractivity contribution in [3.05, 3.63) is 40.5 Å². The smallest absolute Gasteiger partial charge is 0.259 e. The van der Waals surface area contributed by atoms with E-state index in [2.05, 4.69) is 10.3 Å². The third kappa shape index (κ3) is 1.83. The van der Waals surface area contributed by atoms with Gasteiger partial charge in [0.2, 0.25) is 0 Å². The van der Waals surface area contributed by atoms with Crippen LogP contribution in [0.2, 0.25) is 0 Å². The average molecular weight is 334 g/mol. The van der Waals surface area contributed by atoms with Crippen molar-refractivity contribution >= 4 is 33.6 Å². The SMILES string of the molecule is CC(C)Oc1cccc2[nH]c3c4c(c5c(c3c12)C(=O)NC5=O)CCC4. The summed E-state index contributed by atoms with van der Waals surface area (Å²) in [6, 6.07) is 5.86. The first-order valence-corrected chi connectivity index (χ1v) is 8.70. The number of carbonyl (C=O) groups excluding carboxylic acids is 2. The largest absolute Gasteiger partial charge is 0.490 e. The van der Waals surface area contributed by atoms with Gasteiger partial charge < -0.3 is 9.72 Å². The number of aromatic amines is 1. The van der Waals surface area contributed by atoms with E-state index in [1.807, 2.05) is 32.0 Å². The van der Waals surface area contributed by atoms with Crippen LogP contribution in [0.3, 0.4) is 0 Å². The Hall–Kier alpha value is -2.82. The molecule has 5 heteroatoms. The zero-order chi connectivity index (χ0) is 17.3. The van der Waals surface area contributed by atoms with E-state index in [1.165, 1.54) is 5.56 Å². The minimum absolute atomic E-state index is 0.0217. The Morgan fingerprint density at radius 1 is 1.00 bits per heavy atom. The molecular formula is C20H18N2O3. The third-order valence-electron chi connectivity index (χ3n) is 5.15. The number of carbonyl (C=O) groups is 2. The molecule has 0 spiro atoms. The van der Waals surface area contributed by atoms with Gasteiger partial charge >= 0.3 is 0 Å². The van der Waals surface area contributed by atoms with Crippen LogP contribution >= 0.6 is 0 Å². The van der Waals surface area contributed by atoms with Gasteiger partial charge in [-0.25, -0.2) is 0 Å². The summed E-state index contributed by atoms with van der Waals surface area (Å²) < 4.78 is 6.00. The number of fused-ring (bicyclic) bond motifs is 8. The van der Waals surface area contributed by atoms with E-state index in [4.69, 9.17) is 4.74 Å². The lowest BCUT2D eigenvalue weighted by atomic mass is 9.93. The van der Waals surface area contributed by atoms with Gasteiger partial charge in [-0.15, -0.1) is 0 Å². The van der Waals surface area contributed by atoms with Crippen LogP contribution in [0.1, 0.15) is 52.1 Å². The van der Waals surface area contributed by atoms with Crippen molar-refractivity contribution in [3.63, 3.8) is 0 Å². The molecule has 2 N–H and O–H groups in total. The van der Waals surface area contributed by atoms with Crippen molar-refractivity contribution in [2.75, 3.05) is 0 Å². The van der Waals surface area contributed by atoms with Gasteiger partial charge in [0, 0.05) is 5.39 Å². The van der Waals surface area contributed by atoms with Crippen molar-refractivity contribution in [2.24, 2.45) is 0 Å². The normalized spacial score (nSPS) is 16.0. The van der Waals surface area contributed by atoms with Crippen LogP contribution in [0, 0.1) is 0 Å². The van der Waals surface area contributed by atoms with Crippen LogP contribution in [0.4, 0.5) is 0 Å². The van der Waals surface area contributed by atoms with Gasteiger partial charge in [0.1, 0.15) is 5.75 Å². The molecule has 0 fully saturated rings. The summed E-state index contributed by atoms with van der Waals surface area (Å²) in [6.45, 7) is 3.96. The molecule has 0 radical (unpaired) electrons. The molecular weight excluding hydrogens is 316 g/mol. The van der Waals surface area contributed by atoms with Gasteiger partial charge in [-0.05, 0) is 56.4 Å². The second-order valence-electron chi connectivity index (χ2n) is 7.06. The summed E-state index contributed by atoms with van der Waals surface area (Å²) in [5, 5.41) is 4.20. The number of rotatable bonds is 2. The fourth-order valence-electron chi connectivity index (χ4n) is 4.32. The highest BCUT2D eigenvalue weighted by Gasteiger charge is 2.37. The number of hydrogen-bond acceptors (Lipinski definition) is 3. The van der Waals surface area contributed by atoms with E-state index in [1.54, 1.807) is 0 Å². The molecule has 2 amide bonds. The van der Waals surface area contributed by atoms with E-state index in [0.717, 1.165) is 52.4 Å². The first kappa shape index (κ1) is 14.5. The maximum absolute atomic E-state index is 12.6. The maximum Gasteiger partial charge on any atom is 0.259 e. The molecule has 0 saturated heterocycles. The van der Waals surface area contributed by atoms with Gasteiger partial charge in [-0.3, -0.25) is 14.9 Å². The second kappa shape index (κ2) is 4.85. The quantitative estimate of drug-likeness (QED) is 0.705. The van der Waals surface area contributed by atoms with Gasteiger partial charge in [0.15, 0.2) is 0 Å². The van der Waals surface area contributed by atoms with E-state index >= 15 is 0 Å². The van der Waals surface area contributed by atoms with Crippen molar-refractivity contribution in [2.45, 2.75) is 39.2 Å². The molecule has 0 bridgehead atoms. The molecule has 5 nitrogen and oxygen atoms in total. The number of aryl methyl sites for hydroxylation is 1. The highest BCUT2D eigenvalue weighted by Crippen LogP contribution is 2.43. The number of H-pyrrole nitrogens is 1. The molecule has 2 heterocycles. The summed E-state index contributed by atoms with van der Waals surface area (Å²) in [5.41, 5.74) is 5.19. The molecule has 1 aliphatic carbocycles. The predicted octanol–water partition coefficient (Wildman–Crippen LogP) is 3.48. The summed E-state index contributed by atoms with van der Waals surface area (Å²) >= 11 is 0. The minimum Gasteiger partial charge on any atom is -0.490 e. The van der Waals surface area contributed by atoms with Crippen LogP contribution in [-0.4, -0.2) is 22.9 Å². The predicted molar refractivity (Wildman–Crippen MR) is 95.4 cm³/mol. The summed E-state index contributed by atoms with van der Waals surface area (Å²) in [4.78, 5) is 28.5. The van der Waals surface area contributed by atoms with Crippen LogP contribution in [0.15, 0.2) is 18.2 Å². The van der Waals surface area contributed by atoms with E-state index in [0.29, 0.717) is 11.1 Å². The lowest BCUT2D eigenvalue weighted by molar-refractivity contribution is 0.0880. The molecule has 5 rings (SSSR count). The molecule has 0 unspecified atom stereocenters. The number of benzene rings is 2. The fraction of sp³-hybridized carbons (Fsp3) is 0.300. The standard InChI is InChI=1S/C20H18N2O3/c1-9(2)25-13-8-4-7-12-15(13)16-17-14(19(23)22-20(17)24)10-5-3-6-11(10)18(16)21-12/h4,7-9,21H,3,5-6H2,1-2H3,(H,22,23,24). The summed E-state index contributed by atoms with van der Waals surface area (Å²) in [7, 11) is 0. The highest BCUT2D eigenvalue weighted by atomic mass is 16.5. The molecule has 1 aromatic heterocycles. The second-order valence-corrected chi connectivity index (χ2v) is 7.06.